The number of hydrogen-bond acceptors (Lipinski definition) is 4. The van der Waals surface area contributed by atoms with Gasteiger partial charge in [-0.15, -0.1) is 0 Å². The fourth-order valence-corrected chi connectivity index (χ4v) is 1.46. The second-order valence-electron chi connectivity index (χ2n) is 2.86. The van der Waals surface area contributed by atoms with E-state index < -0.39 is 0 Å². The van der Waals surface area contributed by atoms with Crippen LogP contribution in [-0.4, -0.2) is 25.2 Å². The molecule has 0 unspecified atom stereocenters. The van der Waals surface area contributed by atoms with Crippen LogP contribution in [0, 0.1) is 0 Å². The van der Waals surface area contributed by atoms with Gasteiger partial charge in [-0.1, -0.05) is 0 Å². The summed E-state index contributed by atoms with van der Waals surface area (Å²) in [6.07, 6.45) is 3.20. The van der Waals surface area contributed by atoms with E-state index in [0.717, 1.165) is 25.7 Å². The highest BCUT2D eigenvalue weighted by atomic mass is 16.5. The maximum Gasteiger partial charge on any atom is 0.293 e. The molecule has 0 saturated heterocycles. The fourth-order valence-electron chi connectivity index (χ4n) is 1.46. The summed E-state index contributed by atoms with van der Waals surface area (Å²) in [7, 11) is 0. The van der Waals surface area contributed by atoms with Crippen LogP contribution < -0.4 is 0 Å². The van der Waals surface area contributed by atoms with Crippen molar-refractivity contribution < 1.29 is 19.1 Å². The van der Waals surface area contributed by atoms with E-state index in [4.69, 9.17) is 9.47 Å². The average molecular weight is 172 g/mol. The topological polar surface area (TPSA) is 52.6 Å². The molecule has 0 radical (unpaired) electrons. The van der Waals surface area contributed by atoms with Crippen molar-refractivity contribution >= 4 is 12.9 Å². The van der Waals surface area contributed by atoms with Crippen LogP contribution in [0.2, 0.25) is 0 Å². The zero-order valence-corrected chi connectivity index (χ0v) is 6.77. The maximum atomic E-state index is 9.97. The van der Waals surface area contributed by atoms with Crippen molar-refractivity contribution in [3.05, 3.63) is 0 Å². The molecular formula is C8H12O4. The minimum Gasteiger partial charge on any atom is -0.465 e. The number of carbonyl (C=O) groups excluding carboxylic acids is 2. The molecule has 0 aliphatic heterocycles. The number of ether oxygens (including phenoxy) is 2. The Morgan fingerprint density at radius 1 is 0.833 bits per heavy atom. The van der Waals surface area contributed by atoms with Crippen LogP contribution in [0.1, 0.15) is 25.7 Å². The Morgan fingerprint density at radius 2 is 1.17 bits per heavy atom. The number of rotatable bonds is 4. The highest BCUT2D eigenvalue weighted by Gasteiger charge is 2.22. The minimum atomic E-state index is 0.0222. The molecule has 0 aromatic heterocycles. The third-order valence-corrected chi connectivity index (χ3v) is 2.12. The Bertz CT molecular complexity index is 131. The summed E-state index contributed by atoms with van der Waals surface area (Å²) in [5.41, 5.74) is 0. The van der Waals surface area contributed by atoms with Gasteiger partial charge in [0.2, 0.25) is 0 Å². The molecule has 1 fully saturated rings. The predicted molar refractivity (Wildman–Crippen MR) is 40.3 cm³/mol. The van der Waals surface area contributed by atoms with Gasteiger partial charge in [0, 0.05) is 0 Å². The van der Waals surface area contributed by atoms with E-state index >= 15 is 0 Å². The first-order chi connectivity index (χ1) is 5.86. The Hall–Kier alpha value is -1.06. The summed E-state index contributed by atoms with van der Waals surface area (Å²) in [6.45, 7) is 0.956. The van der Waals surface area contributed by atoms with Crippen molar-refractivity contribution in [2.75, 3.05) is 0 Å². The van der Waals surface area contributed by atoms with Crippen molar-refractivity contribution in [2.45, 2.75) is 37.9 Å². The molecular weight excluding hydrogens is 160 g/mol. The zero-order chi connectivity index (χ0) is 8.81. The van der Waals surface area contributed by atoms with E-state index in [-0.39, 0.29) is 12.2 Å². The molecule has 0 atom stereocenters. The summed E-state index contributed by atoms with van der Waals surface area (Å²) in [6, 6.07) is 0. The summed E-state index contributed by atoms with van der Waals surface area (Å²) >= 11 is 0. The lowest BCUT2D eigenvalue weighted by Crippen LogP contribution is -2.25. The normalized spacial score (nSPS) is 29.0. The standard InChI is InChI=1S/C8H12O4/c9-5-11-7-1-2-8(4-3-7)12-6-10/h5-8H,1-4H2. The second kappa shape index (κ2) is 4.74. The van der Waals surface area contributed by atoms with Crippen molar-refractivity contribution in [3.8, 4) is 0 Å². The molecule has 4 nitrogen and oxygen atoms in total. The lowest BCUT2D eigenvalue weighted by Gasteiger charge is -2.25. The third kappa shape index (κ3) is 2.53. The van der Waals surface area contributed by atoms with Crippen LogP contribution in [-0.2, 0) is 19.1 Å². The third-order valence-electron chi connectivity index (χ3n) is 2.12. The van der Waals surface area contributed by atoms with Crippen LogP contribution in [0.5, 0.6) is 0 Å². The molecule has 0 aromatic rings. The smallest absolute Gasteiger partial charge is 0.293 e. The lowest BCUT2D eigenvalue weighted by molar-refractivity contribution is -0.142. The molecule has 68 valence electrons. The van der Waals surface area contributed by atoms with Gasteiger partial charge in [-0.3, -0.25) is 9.59 Å². The first-order valence-electron chi connectivity index (χ1n) is 4.05. The van der Waals surface area contributed by atoms with Crippen LogP contribution in [0.15, 0.2) is 0 Å². The molecule has 0 amide bonds. The van der Waals surface area contributed by atoms with Gasteiger partial charge in [-0.2, -0.15) is 0 Å². The molecule has 12 heavy (non-hydrogen) atoms. The Labute approximate surface area is 70.8 Å². The highest BCUT2D eigenvalue weighted by Crippen LogP contribution is 2.22. The maximum absolute atomic E-state index is 9.97. The quantitative estimate of drug-likeness (QED) is 0.584. The summed E-state index contributed by atoms with van der Waals surface area (Å²) in [5.74, 6) is 0. The molecule has 0 heterocycles. The number of hydrogen-bond donors (Lipinski definition) is 0. The molecule has 0 aromatic carbocycles. The molecule has 4 heteroatoms. The summed E-state index contributed by atoms with van der Waals surface area (Å²) in [5, 5.41) is 0. The van der Waals surface area contributed by atoms with Crippen molar-refractivity contribution in [2.24, 2.45) is 0 Å². The molecule has 1 rings (SSSR count). The first kappa shape index (κ1) is 9.03. The first-order valence-corrected chi connectivity index (χ1v) is 4.05. The summed E-state index contributed by atoms with van der Waals surface area (Å²) in [4.78, 5) is 19.9. The molecule has 1 aliphatic carbocycles. The van der Waals surface area contributed by atoms with E-state index in [1.54, 1.807) is 0 Å². The van der Waals surface area contributed by atoms with Gasteiger partial charge in [-0.05, 0) is 25.7 Å². The van der Waals surface area contributed by atoms with Gasteiger partial charge in [0.25, 0.3) is 12.9 Å². The van der Waals surface area contributed by atoms with Gasteiger partial charge >= 0.3 is 0 Å². The van der Waals surface area contributed by atoms with E-state index in [0.29, 0.717) is 12.9 Å². The largest absolute Gasteiger partial charge is 0.465 e. The van der Waals surface area contributed by atoms with Gasteiger partial charge in [0.05, 0.1) is 0 Å². The Kier molecular flexibility index (Phi) is 3.57. The highest BCUT2D eigenvalue weighted by molar-refractivity contribution is 5.38. The second-order valence-corrected chi connectivity index (χ2v) is 2.86. The van der Waals surface area contributed by atoms with Gasteiger partial charge in [0.15, 0.2) is 0 Å². The Balaban J connectivity index is 2.19. The SMILES string of the molecule is O=COC1CCC(OC=O)CC1. The van der Waals surface area contributed by atoms with Crippen LogP contribution in [0.3, 0.4) is 0 Å². The molecule has 1 saturated carbocycles. The minimum absolute atomic E-state index is 0.0222. The van der Waals surface area contributed by atoms with E-state index in [9.17, 15) is 9.59 Å². The average Bonchev–Trinajstić information content (AvgIpc) is 2.09. The molecule has 0 spiro atoms. The predicted octanol–water partition coefficient (Wildman–Crippen LogP) is 0.644. The van der Waals surface area contributed by atoms with Gasteiger partial charge < -0.3 is 9.47 Å². The molecule has 0 bridgehead atoms. The van der Waals surface area contributed by atoms with Crippen molar-refractivity contribution in [3.63, 3.8) is 0 Å². The van der Waals surface area contributed by atoms with Crippen LogP contribution in [0.25, 0.3) is 0 Å². The molecule has 0 N–H and O–H groups in total. The molecule has 1 aliphatic rings. The summed E-state index contributed by atoms with van der Waals surface area (Å²) < 4.78 is 9.57. The monoisotopic (exact) mass is 172 g/mol. The fraction of sp³-hybridized carbons (Fsp3) is 0.750. The van der Waals surface area contributed by atoms with Crippen LogP contribution in [0.4, 0.5) is 0 Å². The van der Waals surface area contributed by atoms with Crippen LogP contribution >= 0.6 is 0 Å². The zero-order valence-electron chi connectivity index (χ0n) is 6.77. The van der Waals surface area contributed by atoms with Gasteiger partial charge in [-0.25, -0.2) is 0 Å². The van der Waals surface area contributed by atoms with E-state index in [1.165, 1.54) is 0 Å². The Morgan fingerprint density at radius 3 is 1.42 bits per heavy atom. The van der Waals surface area contributed by atoms with Crippen molar-refractivity contribution in [1.82, 2.24) is 0 Å². The lowest BCUT2D eigenvalue weighted by atomic mass is 9.95. The van der Waals surface area contributed by atoms with E-state index in [1.807, 2.05) is 0 Å². The number of carbonyl (C=O) groups is 2. The van der Waals surface area contributed by atoms with Crippen molar-refractivity contribution in [1.29, 1.82) is 0 Å². The van der Waals surface area contributed by atoms with E-state index in [2.05, 4.69) is 0 Å². The van der Waals surface area contributed by atoms with Gasteiger partial charge in [0.1, 0.15) is 12.2 Å².